The van der Waals surface area contributed by atoms with Gasteiger partial charge in [0.2, 0.25) is 0 Å². The van der Waals surface area contributed by atoms with E-state index in [0.717, 1.165) is 61.4 Å². The van der Waals surface area contributed by atoms with Crippen LogP contribution < -0.4 is 0 Å². The Hall–Kier alpha value is -6.72. The second-order valence-corrected chi connectivity index (χ2v) is 20.7. The average molecular weight is 1080 g/mol. The third-order valence-corrected chi connectivity index (χ3v) is 13.1. The maximum atomic E-state index is 6.93. The van der Waals surface area contributed by atoms with Gasteiger partial charge in [-0.05, 0) is 109 Å². The van der Waals surface area contributed by atoms with Crippen molar-refractivity contribution < 1.29 is 24.5 Å². The van der Waals surface area contributed by atoms with Crippen molar-refractivity contribution in [2.24, 2.45) is 0 Å². The molecule has 0 aliphatic heterocycles. The van der Waals surface area contributed by atoms with Crippen LogP contribution in [0.15, 0.2) is 162 Å². The summed E-state index contributed by atoms with van der Waals surface area (Å²) in [5, 5.41) is 7.12. The largest absolute Gasteiger partial charge is 0.501 e. The van der Waals surface area contributed by atoms with Gasteiger partial charge in [-0.3, -0.25) is 15.0 Å². The van der Waals surface area contributed by atoms with E-state index in [0.29, 0.717) is 0 Å². The van der Waals surface area contributed by atoms with Crippen molar-refractivity contribution in [3.05, 3.63) is 192 Å². The van der Waals surface area contributed by atoms with Gasteiger partial charge >= 0.3 is 0 Å². The van der Waals surface area contributed by atoms with Crippen molar-refractivity contribution in [1.82, 2.24) is 19.5 Å². The Bertz CT molecular complexity index is 3620. The van der Waals surface area contributed by atoms with Crippen LogP contribution in [0.25, 0.3) is 94.1 Å². The molecule has 347 valence electrons. The van der Waals surface area contributed by atoms with Crippen molar-refractivity contribution in [1.29, 1.82) is 0 Å². The molecule has 0 saturated heterocycles. The first-order valence-corrected chi connectivity index (χ1v) is 23.9. The van der Waals surface area contributed by atoms with E-state index in [4.69, 9.17) is 9.40 Å². The van der Waals surface area contributed by atoms with Crippen LogP contribution >= 0.6 is 0 Å². The van der Waals surface area contributed by atoms with Gasteiger partial charge in [0.1, 0.15) is 5.58 Å². The van der Waals surface area contributed by atoms with Crippen molar-refractivity contribution in [2.75, 3.05) is 0 Å². The van der Waals surface area contributed by atoms with Crippen molar-refractivity contribution in [3.63, 3.8) is 0 Å². The molecule has 1 radical (unpaired) electrons. The maximum Gasteiger partial charge on any atom is 0.121 e. The average Bonchev–Trinajstić information content (AvgIpc) is 3.91. The van der Waals surface area contributed by atoms with Gasteiger partial charge in [-0.25, -0.2) is 0 Å². The Morgan fingerprint density at radius 1 is 0.565 bits per heavy atom. The number of benzene rings is 8. The first kappa shape index (κ1) is 47.3. The number of nitrogens with zero attached hydrogens (tertiary/aromatic N) is 4. The molecule has 11 rings (SSSR count). The molecule has 8 aromatic carbocycles. The second-order valence-electron chi connectivity index (χ2n) is 20.7. The Kier molecular flexibility index (Phi) is 12.8. The molecule has 69 heavy (non-hydrogen) atoms. The van der Waals surface area contributed by atoms with E-state index in [2.05, 4.69) is 211 Å². The Labute approximate surface area is 420 Å². The van der Waals surface area contributed by atoms with Crippen LogP contribution in [-0.2, 0) is 30.9 Å². The molecule has 3 aromatic heterocycles. The van der Waals surface area contributed by atoms with Gasteiger partial charge in [0.05, 0.1) is 28.3 Å². The quantitative estimate of drug-likeness (QED) is 0.123. The third-order valence-electron chi connectivity index (χ3n) is 13.1. The molecule has 0 aliphatic carbocycles. The zero-order valence-electron chi connectivity index (χ0n) is 41.2. The molecule has 5 nitrogen and oxygen atoms in total. The third kappa shape index (κ3) is 8.93. The fourth-order valence-corrected chi connectivity index (χ4v) is 9.62. The van der Waals surface area contributed by atoms with Gasteiger partial charge in [0, 0.05) is 48.5 Å². The predicted molar refractivity (Wildman–Crippen MR) is 285 cm³/mol. The molecule has 3 heterocycles. The normalized spacial score (nSPS) is 12.1. The fraction of sp³-hybridized carbons (Fsp3) is 0.222. The molecule has 0 atom stereocenters. The molecule has 0 spiro atoms. The number of fused-ring (bicyclic) bond motifs is 7. The summed E-state index contributed by atoms with van der Waals surface area (Å²) in [6, 6.07) is 60.4. The minimum absolute atomic E-state index is 0. The molecule has 0 unspecified atom stereocenters. The summed E-state index contributed by atoms with van der Waals surface area (Å²) in [6.45, 7) is 22.5. The van der Waals surface area contributed by atoms with E-state index in [-0.39, 0.29) is 42.8 Å². The van der Waals surface area contributed by atoms with Crippen molar-refractivity contribution in [2.45, 2.75) is 91.9 Å². The van der Waals surface area contributed by atoms with Crippen molar-refractivity contribution >= 4 is 54.5 Å². The summed E-state index contributed by atoms with van der Waals surface area (Å²) >= 11 is 0. The number of hydrogen-bond acceptors (Lipinski definition) is 4. The first-order valence-electron chi connectivity index (χ1n) is 23.9. The van der Waals surface area contributed by atoms with Crippen LogP contribution in [0.5, 0.6) is 0 Å². The second kappa shape index (κ2) is 18.6. The van der Waals surface area contributed by atoms with Crippen LogP contribution in [0.1, 0.15) is 103 Å². The van der Waals surface area contributed by atoms with Gasteiger partial charge < -0.3 is 8.98 Å². The Morgan fingerprint density at radius 2 is 1.29 bits per heavy atom. The van der Waals surface area contributed by atoms with Gasteiger partial charge in [-0.1, -0.05) is 153 Å². The molecule has 0 bridgehead atoms. The minimum atomic E-state index is 0. The number of rotatable bonds is 6. The van der Waals surface area contributed by atoms with Crippen LogP contribution in [0, 0.1) is 12.1 Å². The number of hydrogen-bond donors (Lipinski definition) is 0. The molecule has 0 amide bonds. The Balaban J connectivity index is 0.000000296. The summed E-state index contributed by atoms with van der Waals surface area (Å²) in [4.78, 5) is 14.2. The number of aromatic nitrogens is 4. The summed E-state index contributed by atoms with van der Waals surface area (Å²) < 4.78 is 9.31. The van der Waals surface area contributed by atoms with Crippen LogP contribution in [0.4, 0.5) is 0 Å². The number of furan rings is 1. The molecular formula is C63H58IrN4O-2. The van der Waals surface area contributed by atoms with Gasteiger partial charge in [0.15, 0.2) is 0 Å². The Morgan fingerprint density at radius 3 is 1.99 bits per heavy atom. The minimum Gasteiger partial charge on any atom is -0.501 e. The zero-order chi connectivity index (χ0) is 47.5. The molecule has 0 aliphatic rings. The van der Waals surface area contributed by atoms with Gasteiger partial charge in [-0.15, -0.1) is 54.1 Å². The molecule has 0 N–H and O–H groups in total. The van der Waals surface area contributed by atoms with Crippen LogP contribution in [0.2, 0.25) is 0 Å². The zero-order valence-corrected chi connectivity index (χ0v) is 43.6. The maximum absolute atomic E-state index is 6.93. The first-order chi connectivity index (χ1) is 32.7. The smallest absolute Gasteiger partial charge is 0.121 e. The van der Waals surface area contributed by atoms with E-state index in [1.165, 1.54) is 55.0 Å². The monoisotopic (exact) mass is 1080 g/mol. The SMILES string of the molecule is CC(C)(C)c1ccnc(-c2[c-]cccc2)n1.CC(C)c1cc(-c2ccccc2)cc(C(C)C)c1-n1c(-c2[c-]ccc3c2oc2cc4c(ccc5c(C(C)(C)C)cccc54)cc23)nc2ccccc21.[Ir]. The predicted octanol–water partition coefficient (Wildman–Crippen LogP) is 17.1. The van der Waals surface area contributed by atoms with E-state index in [9.17, 15) is 0 Å². The fourth-order valence-electron chi connectivity index (χ4n) is 9.62. The van der Waals surface area contributed by atoms with Gasteiger partial charge in [-0.2, -0.15) is 0 Å². The topological polar surface area (TPSA) is 56.7 Å². The summed E-state index contributed by atoms with van der Waals surface area (Å²) in [5.74, 6) is 2.13. The molecule has 0 fully saturated rings. The van der Waals surface area contributed by atoms with E-state index < -0.39 is 0 Å². The summed E-state index contributed by atoms with van der Waals surface area (Å²) in [6.07, 6.45) is 1.81. The molecule has 11 aromatic rings. The molecular weight excluding hydrogens is 1020 g/mol. The van der Waals surface area contributed by atoms with E-state index in [1.807, 2.05) is 42.6 Å². The van der Waals surface area contributed by atoms with E-state index >= 15 is 0 Å². The number of para-hydroxylation sites is 2. The van der Waals surface area contributed by atoms with Gasteiger partial charge in [0.25, 0.3) is 0 Å². The van der Waals surface area contributed by atoms with Crippen LogP contribution in [0.3, 0.4) is 0 Å². The summed E-state index contributed by atoms with van der Waals surface area (Å²) in [5.41, 5.74) is 14.2. The standard InChI is InChI=1S/C49H43N2O.C14H15N2.Ir/c1-29(2)38-26-33(31-15-9-8-10-16-31)27-39(30(3)4)46(38)51-44-22-12-11-21-43(44)50-48(51)37-19-13-18-36-41-25-32-23-24-35-34(17-14-20-42(35)49(5,6)7)40(32)28-45(41)52-47(36)37;1-14(2,3)12-9-10-15-13(16-12)11-7-5-4-6-8-11;/h8-18,20-30H,1-7H3;4-7,9-10H,1-3H3;/q2*-1;. The van der Waals surface area contributed by atoms with Crippen molar-refractivity contribution in [3.8, 4) is 39.6 Å². The van der Waals surface area contributed by atoms with E-state index in [1.54, 1.807) is 0 Å². The molecule has 0 saturated carbocycles. The molecule has 6 heteroatoms. The van der Waals surface area contributed by atoms with Crippen LogP contribution in [-0.4, -0.2) is 19.5 Å². The summed E-state index contributed by atoms with van der Waals surface area (Å²) in [7, 11) is 0. The number of imidazole rings is 1.